The maximum atomic E-state index is 13.9. The van der Waals surface area contributed by atoms with Crippen molar-refractivity contribution in [3.8, 4) is 5.75 Å². The molecule has 2 unspecified atom stereocenters. The average molecular weight is 298 g/mol. The van der Waals surface area contributed by atoms with E-state index in [1.54, 1.807) is 7.11 Å². The summed E-state index contributed by atoms with van der Waals surface area (Å²) in [5.74, 6) is -0.652. The SMILES string of the molecule is COc1cc(F)c([N+](=O)[O-])c(NC2CCCC(OC)C2)c1. The van der Waals surface area contributed by atoms with Crippen LogP contribution in [0.4, 0.5) is 15.8 Å². The summed E-state index contributed by atoms with van der Waals surface area (Å²) in [6.45, 7) is 0. The van der Waals surface area contributed by atoms with E-state index < -0.39 is 16.4 Å². The lowest BCUT2D eigenvalue weighted by atomic mass is 9.92. The monoisotopic (exact) mass is 298 g/mol. The molecule has 0 amide bonds. The number of hydrogen-bond donors (Lipinski definition) is 1. The molecule has 21 heavy (non-hydrogen) atoms. The lowest BCUT2D eigenvalue weighted by Crippen LogP contribution is -2.31. The summed E-state index contributed by atoms with van der Waals surface area (Å²) in [5.41, 5.74) is -0.394. The molecule has 2 atom stereocenters. The molecule has 1 aromatic rings. The Kier molecular flexibility index (Phi) is 4.95. The molecule has 0 bridgehead atoms. The standard InChI is InChI=1S/C14H19FN2O4/c1-20-10-5-3-4-9(6-10)16-13-8-11(21-2)7-12(15)14(13)17(18)19/h7-10,16H,3-6H2,1-2H3. The van der Waals surface area contributed by atoms with Crippen LogP contribution in [0, 0.1) is 15.9 Å². The van der Waals surface area contributed by atoms with Gasteiger partial charge in [-0.25, -0.2) is 0 Å². The summed E-state index contributed by atoms with van der Waals surface area (Å²) in [6, 6.07) is 2.49. The van der Waals surface area contributed by atoms with Crippen LogP contribution in [0.25, 0.3) is 0 Å². The van der Waals surface area contributed by atoms with Crippen LogP contribution < -0.4 is 10.1 Å². The van der Waals surface area contributed by atoms with E-state index in [-0.39, 0.29) is 23.6 Å². The normalized spacial score (nSPS) is 21.9. The van der Waals surface area contributed by atoms with E-state index in [9.17, 15) is 14.5 Å². The second-order valence-corrected chi connectivity index (χ2v) is 5.13. The largest absolute Gasteiger partial charge is 0.497 e. The van der Waals surface area contributed by atoms with Gasteiger partial charge in [0.05, 0.1) is 18.1 Å². The Morgan fingerprint density at radius 2 is 2.14 bits per heavy atom. The molecule has 0 spiro atoms. The molecule has 7 heteroatoms. The van der Waals surface area contributed by atoms with Gasteiger partial charge < -0.3 is 14.8 Å². The first-order valence-electron chi connectivity index (χ1n) is 6.86. The van der Waals surface area contributed by atoms with Gasteiger partial charge in [0.1, 0.15) is 11.4 Å². The van der Waals surface area contributed by atoms with Gasteiger partial charge in [-0.05, 0) is 25.7 Å². The molecule has 0 aromatic heterocycles. The van der Waals surface area contributed by atoms with Crippen molar-refractivity contribution in [3.05, 3.63) is 28.1 Å². The van der Waals surface area contributed by atoms with Crippen molar-refractivity contribution in [1.29, 1.82) is 0 Å². The molecule has 2 rings (SSSR count). The van der Waals surface area contributed by atoms with E-state index in [0.717, 1.165) is 31.7 Å². The zero-order chi connectivity index (χ0) is 15.4. The number of methoxy groups -OCH3 is 2. The fraction of sp³-hybridized carbons (Fsp3) is 0.571. The Labute approximate surface area is 122 Å². The average Bonchev–Trinajstić information content (AvgIpc) is 2.46. The van der Waals surface area contributed by atoms with Gasteiger partial charge in [-0.1, -0.05) is 0 Å². The summed E-state index contributed by atoms with van der Waals surface area (Å²) in [7, 11) is 3.05. The molecule has 1 N–H and O–H groups in total. The van der Waals surface area contributed by atoms with Gasteiger partial charge in [-0.3, -0.25) is 10.1 Å². The summed E-state index contributed by atoms with van der Waals surface area (Å²) in [5, 5.41) is 14.1. The van der Waals surface area contributed by atoms with Crippen LogP contribution >= 0.6 is 0 Å². The van der Waals surface area contributed by atoms with E-state index in [1.807, 2.05) is 0 Å². The van der Waals surface area contributed by atoms with Crippen LogP contribution in [0.1, 0.15) is 25.7 Å². The van der Waals surface area contributed by atoms with Gasteiger partial charge in [0.15, 0.2) is 0 Å². The van der Waals surface area contributed by atoms with Gasteiger partial charge in [0.2, 0.25) is 5.82 Å². The third-order valence-electron chi connectivity index (χ3n) is 3.77. The predicted molar refractivity (Wildman–Crippen MR) is 76.3 cm³/mol. The fourth-order valence-electron chi connectivity index (χ4n) is 2.70. The van der Waals surface area contributed by atoms with Crippen LogP contribution in [-0.4, -0.2) is 31.3 Å². The Bertz CT molecular complexity index is 524. The lowest BCUT2D eigenvalue weighted by Gasteiger charge is -2.29. The van der Waals surface area contributed by atoms with E-state index >= 15 is 0 Å². The zero-order valence-corrected chi connectivity index (χ0v) is 12.1. The van der Waals surface area contributed by atoms with Gasteiger partial charge in [0, 0.05) is 25.3 Å². The highest BCUT2D eigenvalue weighted by Crippen LogP contribution is 2.34. The molecule has 0 saturated heterocycles. The second-order valence-electron chi connectivity index (χ2n) is 5.13. The van der Waals surface area contributed by atoms with Gasteiger partial charge in [-0.15, -0.1) is 0 Å². The number of anilines is 1. The van der Waals surface area contributed by atoms with Crippen LogP contribution in [0.5, 0.6) is 5.75 Å². The van der Waals surface area contributed by atoms with E-state index in [4.69, 9.17) is 9.47 Å². The highest BCUT2D eigenvalue weighted by molar-refractivity contribution is 5.65. The third kappa shape index (κ3) is 3.60. The molecule has 1 fully saturated rings. The van der Waals surface area contributed by atoms with Crippen molar-refractivity contribution in [1.82, 2.24) is 0 Å². The minimum Gasteiger partial charge on any atom is -0.497 e. The maximum absolute atomic E-state index is 13.9. The number of rotatable bonds is 5. The van der Waals surface area contributed by atoms with Gasteiger partial charge in [0.25, 0.3) is 0 Å². The number of hydrogen-bond acceptors (Lipinski definition) is 5. The molecule has 116 valence electrons. The number of nitro groups is 1. The van der Waals surface area contributed by atoms with Crippen molar-refractivity contribution in [2.75, 3.05) is 19.5 Å². The molecular weight excluding hydrogens is 279 g/mol. The molecule has 1 saturated carbocycles. The van der Waals surface area contributed by atoms with Crippen LogP contribution in [0.3, 0.4) is 0 Å². The van der Waals surface area contributed by atoms with Gasteiger partial charge in [-0.2, -0.15) is 4.39 Å². The summed E-state index contributed by atoms with van der Waals surface area (Å²) < 4.78 is 24.2. The first-order valence-corrected chi connectivity index (χ1v) is 6.86. The van der Waals surface area contributed by atoms with Crippen LogP contribution in [-0.2, 0) is 4.74 Å². The highest BCUT2D eigenvalue weighted by Gasteiger charge is 2.27. The van der Waals surface area contributed by atoms with Crippen molar-refractivity contribution in [2.45, 2.75) is 37.8 Å². The number of benzene rings is 1. The lowest BCUT2D eigenvalue weighted by molar-refractivity contribution is -0.386. The predicted octanol–water partition coefficient (Wildman–Crippen LogP) is 3.11. The quantitative estimate of drug-likeness (QED) is 0.668. The topological polar surface area (TPSA) is 73.6 Å². The Morgan fingerprint density at radius 1 is 1.38 bits per heavy atom. The van der Waals surface area contributed by atoms with E-state index in [0.29, 0.717) is 0 Å². The van der Waals surface area contributed by atoms with Crippen molar-refractivity contribution in [3.63, 3.8) is 0 Å². The van der Waals surface area contributed by atoms with Crippen molar-refractivity contribution in [2.24, 2.45) is 0 Å². The molecule has 0 aliphatic heterocycles. The van der Waals surface area contributed by atoms with E-state index in [1.165, 1.54) is 13.2 Å². The molecule has 6 nitrogen and oxygen atoms in total. The van der Waals surface area contributed by atoms with Crippen molar-refractivity contribution >= 4 is 11.4 Å². The maximum Gasteiger partial charge on any atom is 0.327 e. The zero-order valence-electron chi connectivity index (χ0n) is 12.1. The minimum absolute atomic E-state index is 0.0221. The minimum atomic E-state index is -0.902. The highest BCUT2D eigenvalue weighted by atomic mass is 19.1. The number of halogens is 1. The molecule has 1 aliphatic rings. The second kappa shape index (κ2) is 6.71. The number of nitrogens with one attached hydrogen (secondary N) is 1. The van der Waals surface area contributed by atoms with Gasteiger partial charge >= 0.3 is 5.69 Å². The first-order chi connectivity index (χ1) is 10.0. The Hall–Kier alpha value is -1.89. The first kappa shape index (κ1) is 15.5. The summed E-state index contributed by atoms with van der Waals surface area (Å²) in [6.07, 6.45) is 3.69. The van der Waals surface area contributed by atoms with E-state index in [2.05, 4.69) is 5.32 Å². The number of nitro benzene ring substituents is 1. The number of nitrogens with zero attached hydrogens (tertiary/aromatic N) is 1. The number of ether oxygens (including phenoxy) is 2. The van der Waals surface area contributed by atoms with Crippen LogP contribution in [0.2, 0.25) is 0 Å². The fourth-order valence-corrected chi connectivity index (χ4v) is 2.70. The molecule has 0 heterocycles. The molecular formula is C14H19FN2O4. The summed E-state index contributed by atoms with van der Waals surface area (Å²) in [4.78, 5) is 10.3. The molecule has 1 aliphatic carbocycles. The van der Waals surface area contributed by atoms with Crippen molar-refractivity contribution < 1.29 is 18.8 Å². The smallest absolute Gasteiger partial charge is 0.327 e. The summed E-state index contributed by atoms with van der Waals surface area (Å²) >= 11 is 0. The molecule has 1 aromatic carbocycles. The molecule has 0 radical (unpaired) electrons. The van der Waals surface area contributed by atoms with Crippen LogP contribution in [0.15, 0.2) is 12.1 Å². The Morgan fingerprint density at radius 3 is 2.76 bits per heavy atom. The Balaban J connectivity index is 2.25. The third-order valence-corrected chi connectivity index (χ3v) is 3.77.